The third kappa shape index (κ3) is 4.58. The second-order valence-electron chi connectivity index (χ2n) is 8.56. The minimum absolute atomic E-state index is 0.0576. The van der Waals surface area contributed by atoms with Crippen molar-refractivity contribution in [2.24, 2.45) is 0 Å². The lowest BCUT2D eigenvalue weighted by atomic mass is 10.1. The van der Waals surface area contributed by atoms with Gasteiger partial charge in [-0.15, -0.1) is 10.2 Å². The van der Waals surface area contributed by atoms with Crippen LogP contribution in [0.3, 0.4) is 0 Å². The van der Waals surface area contributed by atoms with Crippen molar-refractivity contribution in [3.63, 3.8) is 0 Å². The van der Waals surface area contributed by atoms with Crippen molar-refractivity contribution in [2.75, 3.05) is 26.2 Å². The molecule has 4 aromatic rings. The van der Waals surface area contributed by atoms with Gasteiger partial charge in [-0.05, 0) is 32.9 Å². The minimum atomic E-state index is 0.0576. The fraction of sp³-hybridized carbons (Fsp3) is 0.360. The number of aromatic nitrogens is 4. The summed E-state index contributed by atoms with van der Waals surface area (Å²) >= 11 is 0. The lowest BCUT2D eigenvalue weighted by Gasteiger charge is -2.38. The number of nitrogens with zero attached hydrogens (tertiary/aromatic N) is 6. The van der Waals surface area contributed by atoms with Crippen LogP contribution in [0.15, 0.2) is 63.5 Å². The Morgan fingerprint density at radius 3 is 2.06 bits per heavy atom. The molecule has 1 fully saturated rings. The van der Waals surface area contributed by atoms with E-state index < -0.39 is 0 Å². The Balaban J connectivity index is 1.20. The Bertz CT molecular complexity index is 1180. The van der Waals surface area contributed by atoms with Crippen LogP contribution >= 0.6 is 0 Å². The first kappa shape index (κ1) is 21.5. The maximum Gasteiger partial charge on any atom is 0.247 e. The van der Waals surface area contributed by atoms with Gasteiger partial charge in [-0.1, -0.05) is 53.2 Å². The van der Waals surface area contributed by atoms with Crippen LogP contribution in [-0.4, -0.2) is 56.3 Å². The van der Waals surface area contributed by atoms with Gasteiger partial charge in [0.15, 0.2) is 0 Å². The molecular formula is C25H28N6O2. The van der Waals surface area contributed by atoms with Crippen LogP contribution in [0.4, 0.5) is 0 Å². The average molecular weight is 445 g/mol. The van der Waals surface area contributed by atoms with E-state index in [2.05, 4.69) is 63.0 Å². The number of benzene rings is 2. The molecule has 0 saturated carbocycles. The third-order valence-electron chi connectivity index (χ3n) is 6.37. The summed E-state index contributed by atoms with van der Waals surface area (Å²) in [6.07, 6.45) is 0. The summed E-state index contributed by atoms with van der Waals surface area (Å²) in [5.74, 6) is 2.49. The summed E-state index contributed by atoms with van der Waals surface area (Å²) < 4.78 is 11.6. The Kier molecular flexibility index (Phi) is 6.02. The third-order valence-corrected chi connectivity index (χ3v) is 6.37. The number of hydrogen-bond acceptors (Lipinski definition) is 8. The summed E-state index contributed by atoms with van der Waals surface area (Å²) in [7, 11) is 0. The first-order valence-electron chi connectivity index (χ1n) is 11.4. The topological polar surface area (TPSA) is 84.3 Å². The zero-order valence-corrected chi connectivity index (χ0v) is 19.2. The van der Waals surface area contributed by atoms with Crippen molar-refractivity contribution in [3.05, 3.63) is 71.9 Å². The summed E-state index contributed by atoms with van der Waals surface area (Å²) in [6.45, 7) is 9.89. The predicted octanol–water partition coefficient (Wildman–Crippen LogP) is 4.53. The van der Waals surface area contributed by atoms with E-state index in [0.717, 1.165) is 37.3 Å². The lowest BCUT2D eigenvalue weighted by Crippen LogP contribution is -2.47. The molecule has 3 heterocycles. The fourth-order valence-corrected chi connectivity index (χ4v) is 4.15. The van der Waals surface area contributed by atoms with E-state index in [9.17, 15) is 0 Å². The van der Waals surface area contributed by atoms with Crippen molar-refractivity contribution in [1.82, 2.24) is 30.1 Å². The van der Waals surface area contributed by atoms with E-state index in [1.54, 1.807) is 0 Å². The molecule has 0 aliphatic carbocycles. The molecule has 1 saturated heterocycles. The lowest BCUT2D eigenvalue weighted by molar-refractivity contribution is 0.0607. The molecule has 33 heavy (non-hydrogen) atoms. The van der Waals surface area contributed by atoms with Crippen LogP contribution in [-0.2, 0) is 0 Å². The monoisotopic (exact) mass is 444 g/mol. The van der Waals surface area contributed by atoms with E-state index in [1.807, 2.05) is 42.5 Å². The summed E-state index contributed by atoms with van der Waals surface area (Å²) in [5.41, 5.74) is 3.11. The van der Waals surface area contributed by atoms with Crippen LogP contribution in [0, 0.1) is 6.92 Å². The highest BCUT2D eigenvalue weighted by atomic mass is 16.5. The minimum Gasteiger partial charge on any atom is -0.419 e. The van der Waals surface area contributed by atoms with Gasteiger partial charge in [0.05, 0.1) is 12.1 Å². The highest BCUT2D eigenvalue weighted by Crippen LogP contribution is 2.28. The number of hydrogen-bond donors (Lipinski definition) is 0. The summed E-state index contributed by atoms with van der Waals surface area (Å²) in [6, 6.07) is 18.1. The van der Waals surface area contributed by atoms with Gasteiger partial charge in [-0.25, -0.2) is 0 Å². The number of rotatable bonds is 6. The predicted molar refractivity (Wildman–Crippen MR) is 124 cm³/mol. The molecule has 2 unspecified atom stereocenters. The van der Waals surface area contributed by atoms with Crippen molar-refractivity contribution in [2.45, 2.75) is 32.9 Å². The van der Waals surface area contributed by atoms with Gasteiger partial charge in [0, 0.05) is 37.3 Å². The van der Waals surface area contributed by atoms with Crippen molar-refractivity contribution in [1.29, 1.82) is 0 Å². The quantitative estimate of drug-likeness (QED) is 0.429. The second-order valence-corrected chi connectivity index (χ2v) is 8.56. The van der Waals surface area contributed by atoms with E-state index >= 15 is 0 Å². The standard InChI is InChI=1S/C25H28N6O2/c1-17-9-11-20(12-10-17)22-26-23(33-29-22)18(2)30-13-15-31(16-14-30)19(3)24-27-28-25(32-24)21-7-5-4-6-8-21/h4-12,18-19H,13-16H2,1-3H3. The molecule has 2 atom stereocenters. The molecule has 2 aromatic carbocycles. The molecule has 0 radical (unpaired) electrons. The number of aryl methyl sites for hydroxylation is 1. The molecule has 0 amide bonds. The van der Waals surface area contributed by atoms with Crippen LogP contribution < -0.4 is 0 Å². The Morgan fingerprint density at radius 1 is 0.758 bits per heavy atom. The summed E-state index contributed by atoms with van der Waals surface area (Å²) in [5, 5.41) is 12.7. The van der Waals surface area contributed by atoms with Gasteiger partial charge in [-0.2, -0.15) is 4.98 Å². The zero-order valence-electron chi connectivity index (χ0n) is 19.2. The van der Waals surface area contributed by atoms with Gasteiger partial charge in [0.1, 0.15) is 0 Å². The van der Waals surface area contributed by atoms with Crippen LogP contribution in [0.5, 0.6) is 0 Å². The smallest absolute Gasteiger partial charge is 0.247 e. The van der Waals surface area contributed by atoms with Gasteiger partial charge >= 0.3 is 0 Å². The van der Waals surface area contributed by atoms with Crippen molar-refractivity contribution in [3.8, 4) is 22.8 Å². The molecule has 0 spiro atoms. The molecule has 0 bridgehead atoms. The molecular weight excluding hydrogens is 416 g/mol. The van der Waals surface area contributed by atoms with Gasteiger partial charge < -0.3 is 8.94 Å². The molecule has 8 nitrogen and oxygen atoms in total. The largest absolute Gasteiger partial charge is 0.419 e. The van der Waals surface area contributed by atoms with Crippen LogP contribution in [0.2, 0.25) is 0 Å². The van der Waals surface area contributed by atoms with Crippen molar-refractivity contribution < 1.29 is 8.94 Å². The average Bonchev–Trinajstić information content (AvgIpc) is 3.55. The SMILES string of the molecule is Cc1ccc(-c2noc(C(C)N3CCN(C(C)c4nnc(-c5ccccc5)o4)CC3)n2)cc1. The van der Waals surface area contributed by atoms with E-state index in [4.69, 9.17) is 8.94 Å². The molecule has 5 rings (SSSR count). The molecule has 1 aliphatic rings. The van der Waals surface area contributed by atoms with Crippen molar-refractivity contribution >= 4 is 0 Å². The Morgan fingerprint density at radius 2 is 1.39 bits per heavy atom. The van der Waals surface area contributed by atoms with Gasteiger partial charge in [0.25, 0.3) is 0 Å². The Hall–Kier alpha value is -3.36. The second kappa shape index (κ2) is 9.25. The van der Waals surface area contributed by atoms with Crippen LogP contribution in [0.1, 0.15) is 43.3 Å². The number of piperazine rings is 1. The van der Waals surface area contributed by atoms with Gasteiger partial charge in [0.2, 0.25) is 23.5 Å². The van der Waals surface area contributed by atoms with Gasteiger partial charge in [-0.3, -0.25) is 9.80 Å². The Labute approximate surface area is 193 Å². The molecule has 8 heteroatoms. The maximum atomic E-state index is 5.97. The molecule has 170 valence electrons. The maximum absolute atomic E-state index is 5.97. The van der Waals surface area contributed by atoms with E-state index in [0.29, 0.717) is 23.5 Å². The summed E-state index contributed by atoms with van der Waals surface area (Å²) in [4.78, 5) is 9.40. The highest BCUT2D eigenvalue weighted by Gasteiger charge is 2.30. The first-order valence-corrected chi connectivity index (χ1v) is 11.4. The molecule has 0 N–H and O–H groups in total. The van der Waals surface area contributed by atoms with E-state index in [1.165, 1.54) is 5.56 Å². The zero-order chi connectivity index (χ0) is 22.8. The normalized spacial score (nSPS) is 17.2. The van der Waals surface area contributed by atoms with E-state index in [-0.39, 0.29) is 12.1 Å². The van der Waals surface area contributed by atoms with Crippen LogP contribution in [0.25, 0.3) is 22.8 Å². The highest BCUT2D eigenvalue weighted by molar-refractivity contribution is 5.54. The molecule has 1 aliphatic heterocycles. The molecule has 2 aromatic heterocycles. The fourth-order valence-electron chi connectivity index (χ4n) is 4.15. The first-order chi connectivity index (χ1) is 16.1.